The van der Waals surface area contributed by atoms with Gasteiger partial charge in [0.1, 0.15) is 9.65 Å². The van der Waals surface area contributed by atoms with Gasteiger partial charge in [-0.1, -0.05) is 88.0 Å². The maximum Gasteiger partial charge on any atom is 0.320 e. The molecule has 1 rings (SSSR count). The summed E-state index contributed by atoms with van der Waals surface area (Å²) < 4.78 is 9.45. The first-order valence-electron chi connectivity index (χ1n) is 6.15. The molecule has 0 amide bonds. The van der Waals surface area contributed by atoms with Gasteiger partial charge in [-0.2, -0.15) is 0 Å². The Labute approximate surface area is 162 Å². The summed E-state index contributed by atoms with van der Waals surface area (Å²) in [4.78, 5) is 21.7. The third-order valence-electron chi connectivity index (χ3n) is 2.91. The predicted octanol–water partition coefficient (Wildman–Crippen LogP) is 4.43. The van der Waals surface area contributed by atoms with Crippen LogP contribution in [-0.2, 0) is 19.1 Å². The minimum atomic E-state index is -0.512. The van der Waals surface area contributed by atoms with Crippen LogP contribution in [0.1, 0.15) is 20.8 Å². The fraction of sp³-hybridized carbons (Fsp3) is 0.429. The molecule has 8 heteroatoms. The number of benzene rings is 1. The molecule has 122 valence electrons. The summed E-state index contributed by atoms with van der Waals surface area (Å²) >= 11 is 13.6. The van der Waals surface area contributed by atoms with Crippen LogP contribution in [0.25, 0.3) is 0 Å². The van der Waals surface area contributed by atoms with Gasteiger partial charge < -0.3 is 9.47 Å². The van der Waals surface area contributed by atoms with E-state index in [1.807, 2.05) is 24.3 Å². The molecule has 0 aliphatic carbocycles. The number of carbonyl (C=O) groups is 2. The summed E-state index contributed by atoms with van der Waals surface area (Å²) in [5.41, 5.74) is 1.78. The van der Waals surface area contributed by atoms with Crippen molar-refractivity contribution >= 4 is 75.7 Å². The van der Waals surface area contributed by atoms with E-state index in [0.29, 0.717) is 0 Å². The lowest BCUT2D eigenvalue weighted by atomic mass is 10.0. The molecule has 0 saturated heterocycles. The van der Waals surface area contributed by atoms with Crippen molar-refractivity contribution in [1.82, 2.24) is 0 Å². The monoisotopic (exact) mass is 562 g/mol. The molecule has 0 N–H and O–H groups in total. The van der Waals surface area contributed by atoms with Crippen molar-refractivity contribution in [2.75, 3.05) is 14.2 Å². The summed E-state index contributed by atoms with van der Waals surface area (Å²) in [6, 6.07) is 7.55. The van der Waals surface area contributed by atoms with Gasteiger partial charge in [-0.15, -0.1) is 0 Å². The number of methoxy groups -OCH3 is 2. The molecule has 0 radical (unpaired) electrons. The summed E-state index contributed by atoms with van der Waals surface area (Å²) in [6.07, 6.45) is 0. The Kier molecular flexibility index (Phi) is 8.59. The van der Waals surface area contributed by atoms with Gasteiger partial charge in [0.05, 0.1) is 23.9 Å². The maximum atomic E-state index is 11.6. The van der Waals surface area contributed by atoms with Gasteiger partial charge in [0.15, 0.2) is 0 Å². The Morgan fingerprint density at radius 1 is 0.864 bits per heavy atom. The van der Waals surface area contributed by atoms with E-state index in [-0.39, 0.29) is 21.6 Å². The molecule has 4 atom stereocenters. The topological polar surface area (TPSA) is 52.6 Å². The second-order valence-corrected chi connectivity index (χ2v) is 8.27. The Bertz CT molecular complexity index is 494. The highest BCUT2D eigenvalue weighted by Crippen LogP contribution is 2.36. The van der Waals surface area contributed by atoms with Crippen LogP contribution in [0.15, 0.2) is 24.3 Å². The maximum absolute atomic E-state index is 11.6. The largest absolute Gasteiger partial charge is 0.468 e. The van der Waals surface area contributed by atoms with E-state index in [9.17, 15) is 9.59 Å². The first-order valence-corrected chi connectivity index (χ1v) is 9.81. The van der Waals surface area contributed by atoms with Crippen LogP contribution in [0.5, 0.6) is 0 Å². The van der Waals surface area contributed by atoms with Gasteiger partial charge in [0.25, 0.3) is 0 Å². The molecule has 0 aromatic heterocycles. The van der Waals surface area contributed by atoms with Crippen LogP contribution in [0.2, 0.25) is 0 Å². The smallest absolute Gasteiger partial charge is 0.320 e. The highest BCUT2D eigenvalue weighted by atomic mass is 79.9. The number of alkyl halides is 4. The van der Waals surface area contributed by atoms with E-state index in [1.54, 1.807) is 0 Å². The molecule has 0 spiro atoms. The second-order valence-electron chi connectivity index (χ2n) is 4.32. The number of carbonyl (C=O) groups excluding carboxylic acids is 2. The number of hydrogen-bond donors (Lipinski definition) is 0. The summed E-state index contributed by atoms with van der Waals surface area (Å²) in [5, 5.41) is 0. The van der Waals surface area contributed by atoms with E-state index in [1.165, 1.54) is 14.2 Å². The van der Waals surface area contributed by atoms with Crippen LogP contribution in [0.3, 0.4) is 0 Å². The van der Waals surface area contributed by atoms with Crippen LogP contribution in [0, 0.1) is 0 Å². The van der Waals surface area contributed by atoms with Crippen LogP contribution in [-0.4, -0.2) is 35.8 Å². The van der Waals surface area contributed by atoms with Crippen molar-refractivity contribution in [2.24, 2.45) is 0 Å². The fourth-order valence-electron chi connectivity index (χ4n) is 1.70. The molecule has 1 aromatic rings. The minimum absolute atomic E-state index is 0.258. The van der Waals surface area contributed by atoms with Crippen molar-refractivity contribution in [2.45, 2.75) is 19.3 Å². The van der Waals surface area contributed by atoms with Crippen molar-refractivity contribution in [3.63, 3.8) is 0 Å². The van der Waals surface area contributed by atoms with Crippen molar-refractivity contribution in [1.29, 1.82) is 0 Å². The van der Waals surface area contributed by atoms with E-state index in [4.69, 9.17) is 9.47 Å². The molecule has 22 heavy (non-hydrogen) atoms. The lowest BCUT2D eigenvalue weighted by Crippen LogP contribution is -2.21. The average molecular weight is 566 g/mol. The number of halogens is 4. The van der Waals surface area contributed by atoms with Crippen molar-refractivity contribution in [3.8, 4) is 0 Å². The second kappa shape index (κ2) is 9.39. The standard InChI is InChI=1S/C14H14Br4O4/c1-21-13(19)11(17)9(15)7-4-3-5-8(6-7)10(16)12(18)14(20)22-2/h3-6,9-12H,1-2H3/t9-,10-,11-,12-/m0/s1. The van der Waals surface area contributed by atoms with Crippen LogP contribution >= 0.6 is 63.7 Å². The number of esters is 2. The van der Waals surface area contributed by atoms with E-state index < -0.39 is 9.65 Å². The molecule has 0 aliphatic heterocycles. The van der Waals surface area contributed by atoms with Gasteiger partial charge >= 0.3 is 11.9 Å². The zero-order chi connectivity index (χ0) is 16.9. The first-order chi connectivity index (χ1) is 10.3. The number of rotatable bonds is 6. The van der Waals surface area contributed by atoms with E-state index >= 15 is 0 Å². The number of ether oxygens (including phenoxy) is 2. The van der Waals surface area contributed by atoms with Gasteiger partial charge in [-0.3, -0.25) is 9.59 Å². The molecule has 0 heterocycles. The molecule has 4 nitrogen and oxygen atoms in total. The zero-order valence-electron chi connectivity index (χ0n) is 11.8. The molecular weight excluding hydrogens is 552 g/mol. The quantitative estimate of drug-likeness (QED) is 0.378. The first kappa shape index (κ1) is 20.1. The van der Waals surface area contributed by atoms with Gasteiger partial charge in [-0.25, -0.2) is 0 Å². The van der Waals surface area contributed by atoms with Crippen molar-refractivity contribution < 1.29 is 19.1 Å². The van der Waals surface area contributed by atoms with E-state index in [2.05, 4.69) is 63.7 Å². The van der Waals surface area contributed by atoms with Crippen LogP contribution < -0.4 is 0 Å². The summed E-state index contributed by atoms with van der Waals surface area (Å²) in [5.74, 6) is -0.730. The third kappa shape index (κ3) is 5.04. The van der Waals surface area contributed by atoms with Crippen LogP contribution in [0.4, 0.5) is 0 Å². The van der Waals surface area contributed by atoms with E-state index in [0.717, 1.165) is 11.1 Å². The Hall–Kier alpha value is 0.0800. The molecule has 0 saturated carbocycles. The molecule has 0 unspecified atom stereocenters. The Balaban J connectivity index is 2.99. The summed E-state index contributed by atoms with van der Waals surface area (Å²) in [6.45, 7) is 0. The molecule has 0 aliphatic rings. The third-order valence-corrected chi connectivity index (χ3v) is 8.25. The van der Waals surface area contributed by atoms with Gasteiger partial charge in [0, 0.05) is 0 Å². The fourth-order valence-corrected chi connectivity index (χ4v) is 3.69. The zero-order valence-corrected chi connectivity index (χ0v) is 18.1. The molecular formula is C14H14Br4O4. The average Bonchev–Trinajstić information content (AvgIpc) is 2.57. The molecule has 0 fully saturated rings. The van der Waals surface area contributed by atoms with Gasteiger partial charge in [0.2, 0.25) is 0 Å². The molecule has 1 aromatic carbocycles. The minimum Gasteiger partial charge on any atom is -0.468 e. The highest BCUT2D eigenvalue weighted by molar-refractivity contribution is 9.12. The highest BCUT2D eigenvalue weighted by Gasteiger charge is 2.29. The number of hydrogen-bond acceptors (Lipinski definition) is 4. The summed E-state index contributed by atoms with van der Waals surface area (Å²) in [7, 11) is 2.68. The normalized spacial score (nSPS) is 16.3. The SMILES string of the molecule is COC(=O)[C@@H](Br)[C@@H](Br)c1cccc([C@H](Br)[C@H](Br)C(=O)OC)c1. The predicted molar refractivity (Wildman–Crippen MR) is 99.2 cm³/mol. The molecule has 0 bridgehead atoms. The lowest BCUT2D eigenvalue weighted by Gasteiger charge is -2.19. The lowest BCUT2D eigenvalue weighted by molar-refractivity contribution is -0.140. The Morgan fingerprint density at radius 2 is 1.23 bits per heavy atom. The Morgan fingerprint density at radius 3 is 1.55 bits per heavy atom. The van der Waals surface area contributed by atoms with Gasteiger partial charge in [-0.05, 0) is 11.1 Å². The van der Waals surface area contributed by atoms with Crippen molar-refractivity contribution in [3.05, 3.63) is 35.4 Å².